The van der Waals surface area contributed by atoms with Crippen LogP contribution < -0.4 is 56.1 Å². The van der Waals surface area contributed by atoms with Gasteiger partial charge in [0.1, 0.15) is 5.75 Å². The minimum Gasteiger partial charge on any atom is -0.560 e. The predicted molar refractivity (Wildman–Crippen MR) is 44.6 cm³/mol. The molecule has 0 atom stereocenters. The van der Waals surface area contributed by atoms with Crippen LogP contribution in [0.15, 0.2) is 29.2 Å². The van der Waals surface area contributed by atoms with Gasteiger partial charge >= 0.3 is 57.7 Å². The van der Waals surface area contributed by atoms with Crippen molar-refractivity contribution in [3.8, 4) is 5.75 Å². The second-order valence-corrected chi connectivity index (χ2v) is 4.00. The van der Waals surface area contributed by atoms with Crippen molar-refractivity contribution >= 4 is 10.0 Å². The molecule has 0 fully saturated rings. The minimum atomic E-state index is -4.82. The van der Waals surface area contributed by atoms with Gasteiger partial charge in [-0.25, -0.2) is 8.42 Å². The molecule has 84 valence electrons. The number of alkyl halides is 3. The number of hydrogen-bond acceptors (Lipinski definition) is 3. The standard InChI is InChI=1S/C7H5F3NO3S.K/c8-7(9,10)14-5-1-3-6(4-2-5)15(11,12)13;/h1-4H,(H-,11,12,13);/q-1;+1. The van der Waals surface area contributed by atoms with Gasteiger partial charge in [0.05, 0.1) is 10.0 Å². The second kappa shape index (κ2) is 5.80. The largest absolute Gasteiger partial charge is 1.00 e. The Morgan fingerprint density at radius 1 is 1.12 bits per heavy atom. The molecule has 1 aromatic rings. The van der Waals surface area contributed by atoms with E-state index in [2.05, 4.69) is 4.74 Å². The van der Waals surface area contributed by atoms with Crippen molar-refractivity contribution in [3.05, 3.63) is 29.4 Å². The van der Waals surface area contributed by atoms with E-state index in [9.17, 15) is 21.6 Å². The van der Waals surface area contributed by atoms with Gasteiger partial charge in [0.15, 0.2) is 0 Å². The van der Waals surface area contributed by atoms with Crippen LogP contribution in [0.25, 0.3) is 5.14 Å². The topological polar surface area (TPSA) is 67.2 Å². The van der Waals surface area contributed by atoms with Gasteiger partial charge in [0, 0.05) is 4.90 Å². The van der Waals surface area contributed by atoms with Crippen molar-refractivity contribution in [2.24, 2.45) is 0 Å². The Labute approximate surface area is 132 Å². The first-order chi connectivity index (χ1) is 6.68. The van der Waals surface area contributed by atoms with Gasteiger partial charge in [0.25, 0.3) is 0 Å². The zero-order valence-corrected chi connectivity index (χ0v) is 12.0. The summed E-state index contributed by atoms with van der Waals surface area (Å²) in [6, 6.07) is 3.39. The van der Waals surface area contributed by atoms with Crippen LogP contribution in [-0.4, -0.2) is 14.8 Å². The summed E-state index contributed by atoms with van der Waals surface area (Å²) in [5.74, 6) is -0.532. The first-order valence-corrected chi connectivity index (χ1v) is 5.02. The Hall–Kier alpha value is 0.356. The van der Waals surface area contributed by atoms with Crippen molar-refractivity contribution in [1.29, 1.82) is 0 Å². The molecule has 16 heavy (non-hydrogen) atoms. The van der Waals surface area contributed by atoms with Crippen LogP contribution in [0, 0.1) is 0 Å². The van der Waals surface area contributed by atoms with Gasteiger partial charge in [-0.05, 0) is 24.3 Å². The molecule has 0 amide bonds. The number of nitrogens with one attached hydrogen (secondary N) is 1. The quantitative estimate of drug-likeness (QED) is 0.674. The number of benzene rings is 1. The van der Waals surface area contributed by atoms with Crippen LogP contribution >= 0.6 is 0 Å². The number of sulfonamides is 1. The summed E-state index contributed by atoms with van der Waals surface area (Å²) in [5.41, 5.74) is 0. The molecular formula is C7H5F3KNO3S. The molecule has 9 heteroatoms. The zero-order chi connectivity index (χ0) is 11.7. The fourth-order valence-corrected chi connectivity index (χ4v) is 1.31. The van der Waals surface area contributed by atoms with Crippen molar-refractivity contribution in [2.75, 3.05) is 0 Å². The van der Waals surface area contributed by atoms with Crippen LogP contribution in [-0.2, 0) is 10.0 Å². The van der Waals surface area contributed by atoms with E-state index in [-0.39, 0.29) is 51.4 Å². The fraction of sp³-hybridized carbons (Fsp3) is 0.143. The molecule has 1 rings (SSSR count). The number of ether oxygens (including phenoxy) is 1. The molecule has 0 heterocycles. The molecular weight excluding hydrogens is 274 g/mol. The van der Waals surface area contributed by atoms with Crippen LogP contribution in [0.4, 0.5) is 13.2 Å². The first-order valence-electron chi connectivity index (χ1n) is 3.54. The van der Waals surface area contributed by atoms with Gasteiger partial charge in [0.2, 0.25) is 0 Å². The Balaban J connectivity index is 0.00000225. The van der Waals surface area contributed by atoms with Gasteiger partial charge in [-0.1, -0.05) is 0 Å². The monoisotopic (exact) mass is 279 g/mol. The molecule has 0 aliphatic heterocycles. The maximum Gasteiger partial charge on any atom is 1.00 e. The maximum atomic E-state index is 11.7. The van der Waals surface area contributed by atoms with Gasteiger partial charge in [-0.15, -0.1) is 13.2 Å². The van der Waals surface area contributed by atoms with Crippen LogP contribution in [0.3, 0.4) is 0 Å². The smallest absolute Gasteiger partial charge is 0.560 e. The molecule has 0 radical (unpaired) electrons. The summed E-state index contributed by atoms with van der Waals surface area (Å²) in [7, 11) is -4.15. The minimum absolute atomic E-state index is 0. The van der Waals surface area contributed by atoms with E-state index in [0.29, 0.717) is 0 Å². The number of hydrogen-bond donors (Lipinski definition) is 0. The van der Waals surface area contributed by atoms with Crippen molar-refractivity contribution in [2.45, 2.75) is 11.3 Å². The summed E-state index contributed by atoms with van der Waals surface area (Å²) in [6.45, 7) is 0. The molecule has 1 aromatic carbocycles. The average Bonchev–Trinajstić information content (AvgIpc) is 2.00. The summed E-state index contributed by atoms with van der Waals surface area (Å²) in [6.07, 6.45) is -4.82. The number of rotatable bonds is 2. The zero-order valence-electron chi connectivity index (χ0n) is 8.08. The van der Waals surface area contributed by atoms with E-state index >= 15 is 0 Å². The maximum absolute atomic E-state index is 11.7. The van der Waals surface area contributed by atoms with Crippen LogP contribution in [0.1, 0.15) is 0 Å². The van der Waals surface area contributed by atoms with Gasteiger partial charge in [-0.2, -0.15) is 0 Å². The molecule has 0 bridgehead atoms. The summed E-state index contributed by atoms with van der Waals surface area (Å²) < 4.78 is 59.9. The molecule has 0 aromatic heterocycles. The molecule has 1 N–H and O–H groups in total. The Morgan fingerprint density at radius 3 is 1.88 bits per heavy atom. The first kappa shape index (κ1) is 16.4. The predicted octanol–water partition coefficient (Wildman–Crippen LogP) is -0.670. The Morgan fingerprint density at radius 2 is 1.56 bits per heavy atom. The van der Waals surface area contributed by atoms with E-state index in [0.717, 1.165) is 24.3 Å². The van der Waals surface area contributed by atoms with Gasteiger partial charge in [-0.3, -0.25) is 0 Å². The molecule has 0 saturated carbocycles. The molecule has 4 nitrogen and oxygen atoms in total. The fourth-order valence-electron chi connectivity index (χ4n) is 0.820. The second-order valence-electron chi connectivity index (χ2n) is 2.52. The van der Waals surface area contributed by atoms with Crippen LogP contribution in [0.2, 0.25) is 0 Å². The van der Waals surface area contributed by atoms with E-state index in [1.54, 1.807) is 0 Å². The van der Waals surface area contributed by atoms with Crippen molar-refractivity contribution in [1.82, 2.24) is 0 Å². The molecule has 0 aliphatic rings. The van der Waals surface area contributed by atoms with E-state index in [1.165, 1.54) is 0 Å². The number of halogens is 3. The Kier molecular flexibility index (Phi) is 5.93. The van der Waals surface area contributed by atoms with E-state index < -0.39 is 27.0 Å². The summed E-state index contributed by atoms with van der Waals surface area (Å²) in [4.78, 5) is -0.392. The third-order valence-electron chi connectivity index (χ3n) is 1.37. The molecule has 0 aliphatic carbocycles. The molecule has 0 spiro atoms. The van der Waals surface area contributed by atoms with Crippen molar-refractivity contribution in [3.63, 3.8) is 0 Å². The molecule has 0 saturated heterocycles. The van der Waals surface area contributed by atoms with Crippen LogP contribution in [0.5, 0.6) is 5.75 Å². The normalized spacial score (nSPS) is 11.8. The summed E-state index contributed by atoms with van der Waals surface area (Å²) in [5, 5.41) is 6.63. The summed E-state index contributed by atoms with van der Waals surface area (Å²) >= 11 is 0. The van der Waals surface area contributed by atoms with E-state index in [1.807, 2.05) is 0 Å². The van der Waals surface area contributed by atoms with E-state index in [4.69, 9.17) is 5.14 Å². The third-order valence-corrected chi connectivity index (χ3v) is 2.26. The SMILES string of the molecule is [K+].[NH-]S(=O)(=O)c1ccc(OC(F)(F)F)cc1. The van der Waals surface area contributed by atoms with Gasteiger partial charge < -0.3 is 9.88 Å². The third kappa shape index (κ3) is 5.62. The average molecular weight is 279 g/mol. The molecule has 0 unspecified atom stereocenters. The Bertz CT molecular complexity index is 443. The van der Waals surface area contributed by atoms with Crippen molar-refractivity contribution < 1.29 is 77.7 Å².